The van der Waals surface area contributed by atoms with Gasteiger partial charge in [0.1, 0.15) is 6.10 Å². The zero-order chi connectivity index (χ0) is 18.8. The standard InChI is InChI=1S/C19H23N5O3/c1-2-20-18(25)21-10-15-11-24(19(26)27-15)14-6-7-16-12(8-14)4-3-5-13-9-22-23-17(13)16/h6-9,15H,2-5,10-11H2,1H3,(H,22,23)(H2,20,21,25). The first-order valence-corrected chi connectivity index (χ1v) is 9.31. The predicted octanol–water partition coefficient (Wildman–Crippen LogP) is 2.21. The highest BCUT2D eigenvalue weighted by Crippen LogP contribution is 2.34. The summed E-state index contributed by atoms with van der Waals surface area (Å²) in [6, 6.07) is 5.79. The number of nitrogens with zero attached hydrogens (tertiary/aromatic N) is 2. The van der Waals surface area contributed by atoms with Crippen molar-refractivity contribution in [3.63, 3.8) is 0 Å². The molecule has 4 rings (SSSR count). The average molecular weight is 369 g/mol. The van der Waals surface area contributed by atoms with Gasteiger partial charge in [-0.15, -0.1) is 0 Å². The van der Waals surface area contributed by atoms with Crippen LogP contribution in [-0.2, 0) is 17.6 Å². The lowest BCUT2D eigenvalue weighted by Crippen LogP contribution is -2.40. The normalized spacial score (nSPS) is 18.3. The molecule has 0 saturated carbocycles. The van der Waals surface area contributed by atoms with Crippen LogP contribution in [0.15, 0.2) is 24.4 Å². The molecule has 1 atom stereocenters. The lowest BCUT2D eigenvalue weighted by molar-refractivity contribution is 0.140. The molecule has 2 aromatic rings. The van der Waals surface area contributed by atoms with E-state index in [0.717, 1.165) is 36.2 Å². The number of amides is 3. The Hall–Kier alpha value is -3.03. The first-order chi connectivity index (χ1) is 13.2. The second-order valence-electron chi connectivity index (χ2n) is 6.82. The molecule has 8 nitrogen and oxygen atoms in total. The minimum absolute atomic E-state index is 0.257. The molecule has 2 heterocycles. The van der Waals surface area contributed by atoms with Crippen LogP contribution in [0, 0.1) is 0 Å². The largest absolute Gasteiger partial charge is 0.442 e. The van der Waals surface area contributed by atoms with Gasteiger partial charge in [0.15, 0.2) is 0 Å². The molecule has 142 valence electrons. The van der Waals surface area contributed by atoms with Crippen molar-refractivity contribution in [1.82, 2.24) is 20.8 Å². The monoisotopic (exact) mass is 369 g/mol. The summed E-state index contributed by atoms with van der Waals surface area (Å²) in [4.78, 5) is 25.5. The van der Waals surface area contributed by atoms with Crippen LogP contribution in [0.5, 0.6) is 0 Å². The molecular weight excluding hydrogens is 346 g/mol. The summed E-state index contributed by atoms with van der Waals surface area (Å²) < 4.78 is 5.40. The van der Waals surface area contributed by atoms with E-state index in [4.69, 9.17) is 4.74 Å². The number of urea groups is 1. The van der Waals surface area contributed by atoms with Crippen molar-refractivity contribution in [2.24, 2.45) is 0 Å². The molecular formula is C19H23N5O3. The van der Waals surface area contributed by atoms with Gasteiger partial charge in [-0.1, -0.05) is 6.07 Å². The van der Waals surface area contributed by atoms with E-state index in [-0.39, 0.29) is 24.8 Å². The molecule has 0 radical (unpaired) electrons. The van der Waals surface area contributed by atoms with Crippen LogP contribution < -0.4 is 15.5 Å². The van der Waals surface area contributed by atoms with Gasteiger partial charge >= 0.3 is 12.1 Å². The number of benzene rings is 1. The van der Waals surface area contributed by atoms with Crippen LogP contribution in [0.2, 0.25) is 0 Å². The van der Waals surface area contributed by atoms with Crippen molar-refractivity contribution >= 4 is 17.8 Å². The van der Waals surface area contributed by atoms with Crippen molar-refractivity contribution in [3.05, 3.63) is 35.5 Å². The molecule has 1 aliphatic carbocycles. The van der Waals surface area contributed by atoms with Gasteiger partial charge in [0.05, 0.1) is 25.0 Å². The van der Waals surface area contributed by atoms with E-state index in [9.17, 15) is 9.59 Å². The zero-order valence-electron chi connectivity index (χ0n) is 15.2. The van der Waals surface area contributed by atoms with Crippen molar-refractivity contribution in [1.29, 1.82) is 0 Å². The number of hydrogen-bond acceptors (Lipinski definition) is 4. The molecule has 2 aliphatic rings. The maximum atomic E-state index is 12.3. The zero-order valence-corrected chi connectivity index (χ0v) is 15.2. The second-order valence-corrected chi connectivity index (χ2v) is 6.82. The fourth-order valence-corrected chi connectivity index (χ4v) is 3.67. The maximum Gasteiger partial charge on any atom is 0.414 e. The SMILES string of the molecule is CCNC(=O)NCC1CN(c2ccc3c(c2)CCCc2cn[nH]c2-3)C(=O)O1. The lowest BCUT2D eigenvalue weighted by Gasteiger charge is -2.16. The summed E-state index contributed by atoms with van der Waals surface area (Å²) in [5.74, 6) is 0. The minimum atomic E-state index is -0.381. The summed E-state index contributed by atoms with van der Waals surface area (Å²) in [6.45, 7) is 3.10. The summed E-state index contributed by atoms with van der Waals surface area (Å²) in [7, 11) is 0. The third-order valence-electron chi connectivity index (χ3n) is 4.98. The number of anilines is 1. The van der Waals surface area contributed by atoms with Gasteiger partial charge in [-0.25, -0.2) is 9.59 Å². The Morgan fingerprint density at radius 3 is 3.04 bits per heavy atom. The van der Waals surface area contributed by atoms with Crippen LogP contribution >= 0.6 is 0 Å². The highest BCUT2D eigenvalue weighted by molar-refractivity contribution is 5.90. The average Bonchev–Trinajstić information content (AvgIpc) is 3.23. The highest BCUT2D eigenvalue weighted by atomic mass is 16.6. The molecule has 3 amide bonds. The van der Waals surface area contributed by atoms with Crippen molar-refractivity contribution < 1.29 is 14.3 Å². The van der Waals surface area contributed by atoms with E-state index in [1.54, 1.807) is 4.90 Å². The number of carbonyl (C=O) groups excluding carboxylic acids is 2. The Labute approximate surface area is 157 Å². The van der Waals surface area contributed by atoms with Crippen LogP contribution in [0.25, 0.3) is 11.3 Å². The third kappa shape index (κ3) is 3.47. The number of carbonyl (C=O) groups is 2. The van der Waals surface area contributed by atoms with Gasteiger partial charge in [0.25, 0.3) is 0 Å². The topological polar surface area (TPSA) is 99.4 Å². The first-order valence-electron chi connectivity index (χ1n) is 9.31. The molecule has 8 heteroatoms. The van der Waals surface area contributed by atoms with Crippen molar-refractivity contribution in [2.75, 3.05) is 24.5 Å². The molecule has 1 saturated heterocycles. The third-order valence-corrected chi connectivity index (χ3v) is 4.98. The van der Waals surface area contributed by atoms with Crippen LogP contribution in [0.4, 0.5) is 15.3 Å². The predicted molar refractivity (Wildman–Crippen MR) is 101 cm³/mol. The smallest absolute Gasteiger partial charge is 0.414 e. The Morgan fingerprint density at radius 1 is 1.33 bits per heavy atom. The number of nitrogens with one attached hydrogen (secondary N) is 3. The summed E-state index contributed by atoms with van der Waals surface area (Å²) in [5.41, 5.74) is 5.47. The fraction of sp³-hybridized carbons (Fsp3) is 0.421. The van der Waals surface area contributed by atoms with E-state index in [1.807, 2.05) is 25.3 Å². The molecule has 0 spiro atoms. The summed E-state index contributed by atoms with van der Waals surface area (Å²) in [6.07, 6.45) is 4.15. The molecule has 1 unspecified atom stereocenters. The maximum absolute atomic E-state index is 12.3. The van der Waals surface area contributed by atoms with Gasteiger partial charge in [0.2, 0.25) is 0 Å². The quantitative estimate of drug-likeness (QED) is 0.769. The van der Waals surface area contributed by atoms with Crippen LogP contribution in [0.3, 0.4) is 0 Å². The molecule has 1 aliphatic heterocycles. The van der Waals surface area contributed by atoms with Gasteiger partial charge in [-0.2, -0.15) is 5.10 Å². The molecule has 1 aromatic carbocycles. The minimum Gasteiger partial charge on any atom is -0.442 e. The number of rotatable bonds is 4. The number of fused-ring (bicyclic) bond motifs is 3. The first kappa shape index (κ1) is 17.4. The number of aromatic amines is 1. The van der Waals surface area contributed by atoms with E-state index in [2.05, 4.69) is 26.9 Å². The van der Waals surface area contributed by atoms with Gasteiger partial charge < -0.3 is 15.4 Å². The lowest BCUT2D eigenvalue weighted by atomic mass is 10.0. The van der Waals surface area contributed by atoms with E-state index in [1.165, 1.54) is 11.1 Å². The Bertz CT molecular complexity index is 863. The van der Waals surface area contributed by atoms with Crippen LogP contribution in [0.1, 0.15) is 24.5 Å². The van der Waals surface area contributed by atoms with Gasteiger partial charge in [-0.3, -0.25) is 10.00 Å². The van der Waals surface area contributed by atoms with Gasteiger partial charge in [-0.05, 0) is 49.4 Å². The molecule has 1 aromatic heterocycles. The summed E-state index contributed by atoms with van der Waals surface area (Å²) >= 11 is 0. The van der Waals surface area contributed by atoms with Crippen molar-refractivity contribution in [3.8, 4) is 11.3 Å². The number of hydrogen-bond donors (Lipinski definition) is 3. The van der Waals surface area contributed by atoms with Crippen LogP contribution in [-0.4, -0.2) is 48.1 Å². The van der Waals surface area contributed by atoms with E-state index >= 15 is 0 Å². The Morgan fingerprint density at radius 2 is 2.19 bits per heavy atom. The molecule has 1 fully saturated rings. The highest BCUT2D eigenvalue weighted by Gasteiger charge is 2.33. The number of cyclic esters (lactones) is 1. The number of aryl methyl sites for hydroxylation is 2. The Balaban J connectivity index is 1.49. The number of H-pyrrole nitrogens is 1. The van der Waals surface area contributed by atoms with Gasteiger partial charge in [0, 0.05) is 17.8 Å². The van der Waals surface area contributed by atoms with E-state index < -0.39 is 0 Å². The Kier molecular flexibility index (Phi) is 4.70. The van der Waals surface area contributed by atoms with E-state index in [0.29, 0.717) is 13.1 Å². The number of aromatic nitrogens is 2. The second kappa shape index (κ2) is 7.30. The number of ether oxygens (including phenoxy) is 1. The molecule has 0 bridgehead atoms. The molecule has 27 heavy (non-hydrogen) atoms. The molecule has 3 N–H and O–H groups in total. The summed E-state index contributed by atoms with van der Waals surface area (Å²) in [5, 5.41) is 12.6. The van der Waals surface area contributed by atoms with Crippen molar-refractivity contribution in [2.45, 2.75) is 32.3 Å². The fourth-order valence-electron chi connectivity index (χ4n) is 3.67.